The Hall–Kier alpha value is -1.26. The molecule has 1 atom stereocenters. The first kappa shape index (κ1) is 15.1. The van der Waals surface area contributed by atoms with E-state index in [1.54, 1.807) is 18.3 Å². The van der Waals surface area contributed by atoms with Crippen molar-refractivity contribution in [3.8, 4) is 0 Å². The van der Waals surface area contributed by atoms with Crippen LogP contribution < -0.4 is 5.32 Å². The molecule has 0 bridgehead atoms. The zero-order valence-electron chi connectivity index (χ0n) is 11.7. The standard InChI is InChI=1S/C16H18BrFN2/c1-3-19-16(10-15-11(2)5-4-8-20-15)13-9-12(18)6-7-14(13)17/h4-9,16,19H,3,10H2,1-2H3. The van der Waals surface area contributed by atoms with Crippen LogP contribution >= 0.6 is 15.9 Å². The van der Waals surface area contributed by atoms with Gasteiger partial charge in [-0.05, 0) is 48.9 Å². The molecule has 0 aliphatic carbocycles. The molecule has 0 radical (unpaired) electrons. The van der Waals surface area contributed by atoms with Gasteiger partial charge in [0.15, 0.2) is 0 Å². The molecule has 0 aliphatic rings. The highest BCUT2D eigenvalue weighted by Gasteiger charge is 2.16. The lowest BCUT2D eigenvalue weighted by molar-refractivity contribution is 0.534. The van der Waals surface area contributed by atoms with Crippen LogP contribution in [0.25, 0.3) is 0 Å². The van der Waals surface area contributed by atoms with Crippen molar-refractivity contribution in [2.45, 2.75) is 26.3 Å². The van der Waals surface area contributed by atoms with E-state index in [0.717, 1.165) is 34.3 Å². The number of benzene rings is 1. The maximum absolute atomic E-state index is 13.5. The van der Waals surface area contributed by atoms with E-state index < -0.39 is 0 Å². The van der Waals surface area contributed by atoms with E-state index in [1.807, 2.05) is 26.0 Å². The number of pyridine rings is 1. The molecule has 106 valence electrons. The molecule has 2 rings (SSSR count). The van der Waals surface area contributed by atoms with Gasteiger partial charge in [0.1, 0.15) is 5.82 Å². The van der Waals surface area contributed by atoms with Crippen molar-refractivity contribution in [1.82, 2.24) is 10.3 Å². The lowest BCUT2D eigenvalue weighted by Crippen LogP contribution is -2.24. The van der Waals surface area contributed by atoms with E-state index in [1.165, 1.54) is 6.07 Å². The third kappa shape index (κ3) is 3.64. The topological polar surface area (TPSA) is 24.9 Å². The fraction of sp³-hybridized carbons (Fsp3) is 0.312. The summed E-state index contributed by atoms with van der Waals surface area (Å²) in [6, 6.07) is 8.81. The van der Waals surface area contributed by atoms with Crippen molar-refractivity contribution in [3.63, 3.8) is 0 Å². The minimum atomic E-state index is -0.219. The lowest BCUT2D eigenvalue weighted by atomic mass is 9.99. The van der Waals surface area contributed by atoms with E-state index >= 15 is 0 Å². The third-order valence-electron chi connectivity index (χ3n) is 3.30. The third-order valence-corrected chi connectivity index (χ3v) is 4.02. The number of hydrogen-bond acceptors (Lipinski definition) is 2. The molecule has 20 heavy (non-hydrogen) atoms. The van der Waals surface area contributed by atoms with E-state index in [2.05, 4.69) is 26.2 Å². The van der Waals surface area contributed by atoms with Gasteiger partial charge in [0.05, 0.1) is 0 Å². The maximum Gasteiger partial charge on any atom is 0.123 e. The van der Waals surface area contributed by atoms with Gasteiger partial charge in [-0.25, -0.2) is 4.39 Å². The fourth-order valence-corrected chi connectivity index (χ4v) is 2.77. The normalized spacial score (nSPS) is 12.4. The Morgan fingerprint density at radius 1 is 1.35 bits per heavy atom. The number of nitrogens with one attached hydrogen (secondary N) is 1. The van der Waals surface area contributed by atoms with Crippen molar-refractivity contribution in [2.75, 3.05) is 6.54 Å². The Bertz CT molecular complexity index is 586. The number of halogens is 2. The van der Waals surface area contributed by atoms with Gasteiger partial charge in [-0.3, -0.25) is 4.98 Å². The van der Waals surface area contributed by atoms with Gasteiger partial charge < -0.3 is 5.32 Å². The highest BCUT2D eigenvalue weighted by Crippen LogP contribution is 2.27. The van der Waals surface area contributed by atoms with Crippen LogP contribution in [0.2, 0.25) is 0 Å². The van der Waals surface area contributed by atoms with E-state index in [-0.39, 0.29) is 11.9 Å². The molecule has 0 spiro atoms. The molecule has 0 amide bonds. The van der Waals surface area contributed by atoms with Gasteiger partial charge >= 0.3 is 0 Å². The summed E-state index contributed by atoms with van der Waals surface area (Å²) in [4.78, 5) is 4.43. The van der Waals surface area contributed by atoms with Crippen molar-refractivity contribution in [2.24, 2.45) is 0 Å². The maximum atomic E-state index is 13.5. The molecular formula is C16H18BrFN2. The molecule has 2 aromatic rings. The van der Waals surface area contributed by atoms with Crippen LogP contribution in [-0.4, -0.2) is 11.5 Å². The second kappa shape index (κ2) is 6.95. The fourth-order valence-electron chi connectivity index (χ4n) is 2.25. The molecule has 0 aliphatic heterocycles. The summed E-state index contributed by atoms with van der Waals surface area (Å²) < 4.78 is 14.4. The van der Waals surface area contributed by atoms with Gasteiger partial charge in [0.2, 0.25) is 0 Å². The van der Waals surface area contributed by atoms with Gasteiger partial charge in [0.25, 0.3) is 0 Å². The minimum absolute atomic E-state index is 0.0404. The Morgan fingerprint density at radius 3 is 2.85 bits per heavy atom. The Kier molecular flexibility index (Phi) is 5.26. The van der Waals surface area contributed by atoms with E-state index in [4.69, 9.17) is 0 Å². The van der Waals surface area contributed by atoms with E-state index in [0.29, 0.717) is 0 Å². The second-order valence-corrected chi connectivity index (χ2v) is 5.60. The van der Waals surface area contributed by atoms with Crippen LogP contribution in [0.1, 0.15) is 29.8 Å². The zero-order chi connectivity index (χ0) is 14.5. The van der Waals surface area contributed by atoms with Crippen LogP contribution in [-0.2, 0) is 6.42 Å². The van der Waals surface area contributed by atoms with Crippen LogP contribution in [0.3, 0.4) is 0 Å². The monoisotopic (exact) mass is 336 g/mol. The number of likely N-dealkylation sites (N-methyl/N-ethyl adjacent to an activating group) is 1. The molecule has 1 N–H and O–H groups in total. The Labute approximate surface area is 127 Å². The smallest absolute Gasteiger partial charge is 0.123 e. The van der Waals surface area contributed by atoms with E-state index in [9.17, 15) is 4.39 Å². The molecule has 0 fully saturated rings. The summed E-state index contributed by atoms with van der Waals surface area (Å²) >= 11 is 3.51. The van der Waals surface area contributed by atoms with Gasteiger partial charge in [0, 0.05) is 28.8 Å². The molecule has 1 aromatic carbocycles. The first-order valence-electron chi connectivity index (χ1n) is 6.70. The predicted molar refractivity (Wildman–Crippen MR) is 83.2 cm³/mol. The van der Waals surface area contributed by atoms with Crippen molar-refractivity contribution < 1.29 is 4.39 Å². The summed E-state index contributed by atoms with van der Waals surface area (Å²) in [7, 11) is 0. The number of hydrogen-bond donors (Lipinski definition) is 1. The Morgan fingerprint density at radius 2 is 2.15 bits per heavy atom. The SMILES string of the molecule is CCNC(Cc1ncccc1C)c1cc(F)ccc1Br. The molecule has 4 heteroatoms. The summed E-state index contributed by atoms with van der Waals surface area (Å²) in [6.45, 7) is 4.91. The first-order valence-corrected chi connectivity index (χ1v) is 7.50. The molecule has 1 unspecified atom stereocenters. The van der Waals surface area contributed by atoms with Crippen molar-refractivity contribution in [1.29, 1.82) is 0 Å². The highest BCUT2D eigenvalue weighted by molar-refractivity contribution is 9.10. The molecule has 1 heterocycles. The molecule has 1 aromatic heterocycles. The van der Waals surface area contributed by atoms with Crippen LogP contribution in [0.4, 0.5) is 4.39 Å². The largest absolute Gasteiger partial charge is 0.310 e. The summed E-state index contributed by atoms with van der Waals surface area (Å²) in [5, 5.41) is 3.41. The van der Waals surface area contributed by atoms with Crippen molar-refractivity contribution in [3.05, 3.63) is 63.6 Å². The second-order valence-electron chi connectivity index (χ2n) is 4.75. The number of nitrogens with zero attached hydrogens (tertiary/aromatic N) is 1. The average molecular weight is 337 g/mol. The number of rotatable bonds is 5. The minimum Gasteiger partial charge on any atom is -0.310 e. The molecule has 2 nitrogen and oxygen atoms in total. The van der Waals surface area contributed by atoms with Crippen LogP contribution in [0, 0.1) is 12.7 Å². The Balaban J connectivity index is 2.32. The number of aryl methyl sites for hydroxylation is 1. The summed E-state index contributed by atoms with van der Waals surface area (Å²) in [5.74, 6) is -0.219. The first-order chi connectivity index (χ1) is 9.61. The molecule has 0 saturated carbocycles. The lowest BCUT2D eigenvalue weighted by Gasteiger charge is -2.20. The van der Waals surface area contributed by atoms with Crippen molar-refractivity contribution >= 4 is 15.9 Å². The molecular weight excluding hydrogens is 319 g/mol. The predicted octanol–water partition coefficient (Wildman–Crippen LogP) is 4.18. The zero-order valence-corrected chi connectivity index (χ0v) is 13.2. The number of aromatic nitrogens is 1. The summed E-state index contributed by atoms with van der Waals surface area (Å²) in [5.41, 5.74) is 3.12. The van der Waals surface area contributed by atoms with Crippen LogP contribution in [0.5, 0.6) is 0 Å². The molecule has 0 saturated heterocycles. The van der Waals surface area contributed by atoms with Gasteiger partial charge in [-0.15, -0.1) is 0 Å². The summed E-state index contributed by atoms with van der Waals surface area (Å²) in [6.07, 6.45) is 2.54. The average Bonchev–Trinajstić information content (AvgIpc) is 2.43. The van der Waals surface area contributed by atoms with Crippen LogP contribution in [0.15, 0.2) is 41.0 Å². The van der Waals surface area contributed by atoms with Gasteiger partial charge in [-0.1, -0.05) is 28.9 Å². The van der Waals surface area contributed by atoms with Gasteiger partial charge in [-0.2, -0.15) is 0 Å². The highest BCUT2D eigenvalue weighted by atomic mass is 79.9. The quantitative estimate of drug-likeness (QED) is 0.885.